The fraction of sp³-hybridized carbons (Fsp3) is 0.357. The molecule has 1 aromatic carbocycles. The van der Waals surface area contributed by atoms with Gasteiger partial charge in [0.2, 0.25) is 5.91 Å². The molecule has 7 heteroatoms. The Labute approximate surface area is 126 Å². The van der Waals surface area contributed by atoms with E-state index in [0.29, 0.717) is 18.1 Å². The van der Waals surface area contributed by atoms with Gasteiger partial charge in [-0.2, -0.15) is 0 Å². The molecule has 1 N–H and O–H groups in total. The number of nitrogens with zero attached hydrogens (tertiary/aromatic N) is 1. The van der Waals surface area contributed by atoms with Crippen LogP contribution in [0.4, 0.5) is 18.9 Å². The number of benzene rings is 1. The predicted octanol–water partition coefficient (Wildman–Crippen LogP) is 3.51. The summed E-state index contributed by atoms with van der Waals surface area (Å²) < 4.78 is 39.3. The molecule has 0 aromatic heterocycles. The summed E-state index contributed by atoms with van der Waals surface area (Å²) in [5.74, 6) is -4.90. The van der Waals surface area contributed by atoms with Crippen molar-refractivity contribution in [3.63, 3.8) is 0 Å². The van der Waals surface area contributed by atoms with Gasteiger partial charge < -0.3 is 5.32 Å². The highest BCUT2D eigenvalue weighted by atomic mass is 35.5. The van der Waals surface area contributed by atoms with Crippen molar-refractivity contribution < 1.29 is 18.0 Å². The van der Waals surface area contributed by atoms with Gasteiger partial charge >= 0.3 is 0 Å². The first-order valence-corrected chi connectivity index (χ1v) is 6.72. The van der Waals surface area contributed by atoms with E-state index in [9.17, 15) is 18.0 Å². The third-order valence-corrected chi connectivity index (χ3v) is 2.73. The van der Waals surface area contributed by atoms with E-state index in [2.05, 4.69) is 11.9 Å². The number of nitrogens with one attached hydrogen (secondary N) is 1. The van der Waals surface area contributed by atoms with Crippen molar-refractivity contribution in [3.05, 3.63) is 41.2 Å². The molecular weight excluding hydrogens is 305 g/mol. The Morgan fingerprint density at radius 3 is 2.52 bits per heavy atom. The van der Waals surface area contributed by atoms with Gasteiger partial charge in [-0.3, -0.25) is 9.69 Å². The van der Waals surface area contributed by atoms with Gasteiger partial charge in [0.1, 0.15) is 0 Å². The van der Waals surface area contributed by atoms with Crippen molar-refractivity contribution in [2.45, 2.75) is 13.3 Å². The zero-order valence-electron chi connectivity index (χ0n) is 11.6. The first-order chi connectivity index (χ1) is 9.85. The van der Waals surface area contributed by atoms with Crippen molar-refractivity contribution in [1.29, 1.82) is 0 Å². The van der Waals surface area contributed by atoms with Gasteiger partial charge in [0.25, 0.3) is 0 Å². The van der Waals surface area contributed by atoms with E-state index in [1.54, 1.807) is 4.90 Å². The first-order valence-electron chi connectivity index (χ1n) is 6.34. The minimum Gasteiger partial charge on any atom is -0.322 e. The van der Waals surface area contributed by atoms with Gasteiger partial charge in [0.15, 0.2) is 17.5 Å². The molecule has 0 saturated heterocycles. The van der Waals surface area contributed by atoms with E-state index in [1.807, 2.05) is 6.92 Å². The van der Waals surface area contributed by atoms with Crippen molar-refractivity contribution >= 4 is 23.2 Å². The molecule has 0 bridgehead atoms. The Balaban J connectivity index is 2.72. The van der Waals surface area contributed by atoms with Gasteiger partial charge in [0, 0.05) is 11.6 Å². The molecule has 0 heterocycles. The summed E-state index contributed by atoms with van der Waals surface area (Å²) in [5, 5.41) is 2.58. The monoisotopic (exact) mass is 320 g/mol. The van der Waals surface area contributed by atoms with Gasteiger partial charge in [-0.1, -0.05) is 25.1 Å². The Morgan fingerprint density at radius 2 is 1.95 bits per heavy atom. The molecule has 0 radical (unpaired) electrons. The van der Waals surface area contributed by atoms with Gasteiger partial charge in [-0.15, -0.1) is 0 Å². The number of anilines is 1. The summed E-state index contributed by atoms with van der Waals surface area (Å²) in [7, 11) is 0. The third kappa shape index (κ3) is 5.40. The largest absolute Gasteiger partial charge is 0.322 e. The van der Waals surface area contributed by atoms with E-state index in [1.165, 1.54) is 0 Å². The SMILES string of the molecule is C=C(Cl)CN(CCC)CC(=O)Nc1ccc(F)c(F)c1F. The van der Waals surface area contributed by atoms with Crippen LogP contribution in [-0.2, 0) is 4.79 Å². The van der Waals surface area contributed by atoms with Crippen LogP contribution in [0.5, 0.6) is 0 Å². The standard InChI is InChI=1S/C14H16ClF3N2O/c1-3-6-20(7-9(2)15)8-12(21)19-11-5-4-10(16)13(17)14(11)18/h4-5H,2-3,6-8H2,1H3,(H,19,21). The Bertz CT molecular complexity index is 537. The second-order valence-corrected chi connectivity index (χ2v) is 5.03. The molecule has 116 valence electrons. The van der Waals surface area contributed by atoms with Gasteiger partial charge in [-0.05, 0) is 25.1 Å². The summed E-state index contributed by atoms with van der Waals surface area (Å²) in [6.07, 6.45) is 0.789. The van der Waals surface area contributed by atoms with Crippen LogP contribution in [0, 0.1) is 17.5 Å². The van der Waals surface area contributed by atoms with E-state index in [-0.39, 0.29) is 6.54 Å². The summed E-state index contributed by atoms with van der Waals surface area (Å²) in [6, 6.07) is 1.72. The van der Waals surface area contributed by atoms with E-state index >= 15 is 0 Å². The third-order valence-electron chi connectivity index (χ3n) is 2.61. The Morgan fingerprint density at radius 1 is 1.29 bits per heavy atom. The minimum absolute atomic E-state index is 0.0575. The molecule has 0 fully saturated rings. The molecule has 0 saturated carbocycles. The van der Waals surface area contributed by atoms with Crippen molar-refractivity contribution in [2.75, 3.05) is 25.0 Å². The molecule has 1 rings (SSSR count). The molecule has 0 unspecified atom stereocenters. The fourth-order valence-corrected chi connectivity index (χ4v) is 1.96. The summed E-state index contributed by atoms with van der Waals surface area (Å²) in [6.45, 7) is 6.32. The molecule has 0 spiro atoms. The van der Waals surface area contributed by atoms with Crippen molar-refractivity contribution in [2.24, 2.45) is 0 Å². The lowest BCUT2D eigenvalue weighted by Crippen LogP contribution is -2.34. The van der Waals surface area contributed by atoms with Gasteiger partial charge in [0.05, 0.1) is 12.2 Å². The highest BCUT2D eigenvalue weighted by Crippen LogP contribution is 2.19. The number of carbonyl (C=O) groups excluding carboxylic acids is 1. The molecule has 3 nitrogen and oxygen atoms in total. The van der Waals surface area contributed by atoms with E-state index in [0.717, 1.165) is 18.6 Å². The number of carbonyl (C=O) groups is 1. The van der Waals surface area contributed by atoms with Crippen LogP contribution in [0.2, 0.25) is 0 Å². The van der Waals surface area contributed by atoms with E-state index < -0.39 is 29.0 Å². The number of amides is 1. The lowest BCUT2D eigenvalue weighted by molar-refractivity contribution is -0.117. The molecule has 0 aliphatic carbocycles. The highest BCUT2D eigenvalue weighted by Gasteiger charge is 2.16. The predicted molar refractivity (Wildman–Crippen MR) is 76.7 cm³/mol. The Kier molecular flexibility index (Phi) is 6.71. The zero-order valence-corrected chi connectivity index (χ0v) is 12.3. The van der Waals surface area contributed by atoms with Crippen LogP contribution in [0.3, 0.4) is 0 Å². The quantitative estimate of drug-likeness (QED) is 0.780. The number of rotatable bonds is 7. The smallest absolute Gasteiger partial charge is 0.238 e. The molecule has 0 aliphatic heterocycles. The number of hydrogen-bond donors (Lipinski definition) is 1. The van der Waals surface area contributed by atoms with Crippen LogP contribution in [-0.4, -0.2) is 30.4 Å². The molecular formula is C14H16ClF3N2O. The van der Waals surface area contributed by atoms with Crippen LogP contribution in [0.15, 0.2) is 23.7 Å². The van der Waals surface area contributed by atoms with Crippen LogP contribution < -0.4 is 5.32 Å². The average Bonchev–Trinajstić information content (AvgIpc) is 2.39. The maximum Gasteiger partial charge on any atom is 0.238 e. The Hall–Kier alpha value is -1.53. The topological polar surface area (TPSA) is 32.3 Å². The first kappa shape index (κ1) is 17.5. The average molecular weight is 321 g/mol. The zero-order chi connectivity index (χ0) is 16.0. The normalized spacial score (nSPS) is 10.8. The number of halogens is 4. The van der Waals surface area contributed by atoms with Gasteiger partial charge in [-0.25, -0.2) is 13.2 Å². The van der Waals surface area contributed by atoms with Crippen LogP contribution in [0.25, 0.3) is 0 Å². The summed E-state index contributed by atoms with van der Waals surface area (Å²) >= 11 is 5.70. The fourth-order valence-electron chi connectivity index (χ4n) is 1.79. The van der Waals surface area contributed by atoms with E-state index in [4.69, 9.17) is 11.6 Å². The van der Waals surface area contributed by atoms with Crippen molar-refractivity contribution in [1.82, 2.24) is 4.90 Å². The maximum atomic E-state index is 13.4. The second-order valence-electron chi connectivity index (χ2n) is 4.50. The minimum atomic E-state index is -1.62. The molecule has 1 amide bonds. The van der Waals surface area contributed by atoms with Crippen molar-refractivity contribution in [3.8, 4) is 0 Å². The summed E-state index contributed by atoms with van der Waals surface area (Å²) in [4.78, 5) is 13.5. The highest BCUT2D eigenvalue weighted by molar-refractivity contribution is 6.29. The second kappa shape index (κ2) is 8.05. The van der Waals surface area contributed by atoms with Crippen LogP contribution in [0.1, 0.15) is 13.3 Å². The lowest BCUT2D eigenvalue weighted by atomic mass is 10.2. The maximum absolute atomic E-state index is 13.4. The molecule has 1 aromatic rings. The number of hydrogen-bond acceptors (Lipinski definition) is 2. The van der Waals surface area contributed by atoms with Crippen LogP contribution >= 0.6 is 11.6 Å². The molecule has 21 heavy (non-hydrogen) atoms. The molecule has 0 aliphatic rings. The lowest BCUT2D eigenvalue weighted by Gasteiger charge is -2.20. The summed E-state index contributed by atoms with van der Waals surface area (Å²) in [5.41, 5.74) is -0.403. The molecule has 0 atom stereocenters.